The molecule has 0 bridgehead atoms. The Morgan fingerprint density at radius 2 is 0.709 bits per heavy atom. The summed E-state index contributed by atoms with van der Waals surface area (Å²) in [6, 6.07) is -20.6. The molecule has 1 aliphatic heterocycles. The number of likely N-dealkylation sites (tertiary alicyclic amines) is 1. The van der Waals surface area contributed by atoms with Crippen LogP contribution in [-0.2, 0) is 102 Å². The van der Waals surface area contributed by atoms with Crippen molar-refractivity contribution in [1.82, 2.24) is 63.4 Å². The number of nitrogens with one attached hydrogen (secondary N) is 11. The second kappa shape index (κ2) is 47.1. The SMILES string of the molecule is CC(C)C[C@H](NC(=O)[C@H](CCC(=O)O)NC(=O)[C@H](CC(=O)O)NC(=O)[C@H](CCCCN)NC(=O)[C@H](CC(=O)O)NC(=O)[C@H](CC(=O)O)NC(=O)[C@H](CC(=O)O)NC(=O)[C@H](CC(=O)O)NC(=O)[C@H](CCCCN)NC(=O)[C@H](Cc1ccc(O)cc1)NC(=O)[C@H](CC(=O)O)NC(=O)[C@@H]1CCCN1C(=O)[C@@H](N)[C@@H](C)O)C(=O)O. The Labute approximate surface area is 626 Å². The summed E-state index contributed by atoms with van der Waals surface area (Å²) < 4.78 is 0. The van der Waals surface area contributed by atoms with Crippen LogP contribution in [0.2, 0.25) is 0 Å². The highest BCUT2D eigenvalue weighted by molar-refractivity contribution is 6.02. The number of carboxylic acid groups (broad SMARTS) is 8. The molecule has 0 saturated carbocycles. The molecule has 45 heteroatoms. The van der Waals surface area contributed by atoms with Crippen LogP contribution in [0.25, 0.3) is 0 Å². The fourth-order valence-corrected chi connectivity index (χ4v) is 10.8. The van der Waals surface area contributed by atoms with E-state index in [1.807, 2.05) is 16.0 Å². The molecular formula is C65H97N15O30. The first-order valence-corrected chi connectivity index (χ1v) is 34.5. The van der Waals surface area contributed by atoms with Crippen LogP contribution >= 0.6 is 0 Å². The van der Waals surface area contributed by atoms with Gasteiger partial charge in [0.1, 0.15) is 84.3 Å². The number of amides is 12. The van der Waals surface area contributed by atoms with Gasteiger partial charge in [0.25, 0.3) is 0 Å². The molecule has 14 atom stereocenters. The largest absolute Gasteiger partial charge is 0.508 e. The highest BCUT2D eigenvalue weighted by atomic mass is 16.4. The zero-order valence-corrected chi connectivity index (χ0v) is 60.1. The molecule has 2 rings (SSSR count). The second-order valence-electron chi connectivity index (χ2n) is 26.1. The maximum Gasteiger partial charge on any atom is 0.326 e. The summed E-state index contributed by atoms with van der Waals surface area (Å²) in [7, 11) is 0. The molecule has 0 aliphatic carbocycles. The third-order valence-corrected chi connectivity index (χ3v) is 16.5. The number of carbonyl (C=O) groups excluding carboxylic acids is 12. The highest BCUT2D eigenvalue weighted by Crippen LogP contribution is 2.21. The van der Waals surface area contributed by atoms with Crippen molar-refractivity contribution in [3.8, 4) is 5.75 Å². The minimum absolute atomic E-state index is 0.0101. The first-order valence-electron chi connectivity index (χ1n) is 34.5. The molecule has 12 amide bonds. The van der Waals surface area contributed by atoms with Gasteiger partial charge in [-0.2, -0.15) is 0 Å². The van der Waals surface area contributed by atoms with Gasteiger partial charge in [0.15, 0.2) is 0 Å². The lowest BCUT2D eigenvalue weighted by Crippen LogP contribution is -2.61. The molecule has 0 radical (unpaired) electrons. The lowest BCUT2D eigenvalue weighted by atomic mass is 10.0. The summed E-state index contributed by atoms with van der Waals surface area (Å²) in [5.74, 6) is -31.2. The van der Waals surface area contributed by atoms with Crippen molar-refractivity contribution in [2.45, 2.75) is 221 Å². The molecule has 1 aromatic carbocycles. The number of aliphatic hydroxyl groups is 1. The molecule has 1 aromatic rings. The Hall–Kier alpha value is -11.7. The summed E-state index contributed by atoms with van der Waals surface area (Å²) >= 11 is 0. The molecule has 0 spiro atoms. The zero-order chi connectivity index (χ0) is 83.4. The van der Waals surface area contributed by atoms with Gasteiger partial charge in [-0.05, 0) is 108 Å². The maximum atomic E-state index is 14.5. The lowest BCUT2D eigenvalue weighted by Gasteiger charge is -2.29. The molecular weight excluding hydrogens is 1470 g/mol. The molecule has 0 unspecified atom stereocenters. The minimum Gasteiger partial charge on any atom is -0.508 e. The third kappa shape index (κ3) is 34.4. The van der Waals surface area contributed by atoms with Gasteiger partial charge in [-0.15, -0.1) is 0 Å². The average molecular weight is 1570 g/mol. The summed E-state index contributed by atoms with van der Waals surface area (Å²) in [6.45, 7) is 4.39. The normalized spacial score (nSPS) is 16.0. The number of phenolic OH excluding ortho intramolecular Hbond substituents is 1. The predicted octanol–water partition coefficient (Wildman–Crippen LogP) is -7.93. The average Bonchev–Trinajstić information content (AvgIpc) is 1.62. The Morgan fingerprint density at radius 1 is 0.409 bits per heavy atom. The number of carbonyl (C=O) groups is 20. The predicted molar refractivity (Wildman–Crippen MR) is 371 cm³/mol. The summed E-state index contributed by atoms with van der Waals surface area (Å²) in [4.78, 5) is 265. The van der Waals surface area contributed by atoms with E-state index < -0.39 is 274 Å². The quantitative estimate of drug-likeness (QED) is 0.0269. The number of rotatable bonds is 52. The summed E-state index contributed by atoms with van der Waals surface area (Å²) in [6.07, 6.45) is -12.1. The number of phenols is 1. The molecule has 1 heterocycles. The standard InChI is InChI=1S/C65H97N15O30/c1-29(2)21-43(65(109)110)79-55(99)35(16-17-45(83)84)71-58(102)37(23-46(85)86)73-54(98)34(10-5-7-19-67)70-57(101)38(24-47(87)88)75-60(104)40(26-49(91)92)77-61(105)41(27-50(93)94)76-59(103)39(25-48(89)90)74-53(97)33(9-4-6-18-66)69-56(100)36(22-31-12-14-32(82)15-13-31)72-62(106)42(28-51(95)96)78-63(107)44-11-8-20-80(44)64(108)52(68)30(3)81/h12-15,29-30,33-44,52,81-82H,4-11,16-28,66-68H2,1-3H3,(H,69,100)(H,70,101)(H,71,102)(H,72,106)(H,73,98)(H,74,97)(H,75,104)(H,76,103)(H,77,105)(H,78,107)(H,79,99)(H,83,84)(H,85,86)(H,87,88)(H,89,90)(H,91,92)(H,93,94)(H,95,96)(H,109,110)/t30-,33+,34+,35+,36+,37+,38+,39+,40+,41+,42+,43+,44+,52+/m1/s1. The van der Waals surface area contributed by atoms with Crippen molar-refractivity contribution in [3.63, 3.8) is 0 Å². The van der Waals surface area contributed by atoms with E-state index in [4.69, 9.17) is 17.2 Å². The van der Waals surface area contributed by atoms with E-state index in [-0.39, 0.29) is 81.8 Å². The number of nitrogens with two attached hydrogens (primary N) is 3. The van der Waals surface area contributed by atoms with E-state index in [9.17, 15) is 147 Å². The monoisotopic (exact) mass is 1570 g/mol. The van der Waals surface area contributed by atoms with Gasteiger partial charge >= 0.3 is 47.8 Å². The van der Waals surface area contributed by atoms with Crippen molar-refractivity contribution in [1.29, 1.82) is 0 Å². The van der Waals surface area contributed by atoms with Gasteiger partial charge in [-0.3, -0.25) is 91.1 Å². The van der Waals surface area contributed by atoms with E-state index in [2.05, 4.69) is 42.5 Å². The van der Waals surface area contributed by atoms with E-state index >= 15 is 0 Å². The van der Waals surface area contributed by atoms with Gasteiger partial charge in [0.05, 0.1) is 44.6 Å². The maximum absolute atomic E-state index is 14.5. The van der Waals surface area contributed by atoms with E-state index in [1.54, 1.807) is 13.8 Å². The minimum atomic E-state index is -2.47. The number of benzene rings is 1. The van der Waals surface area contributed by atoms with Crippen molar-refractivity contribution in [2.24, 2.45) is 23.1 Å². The van der Waals surface area contributed by atoms with E-state index in [0.717, 1.165) is 4.90 Å². The van der Waals surface area contributed by atoms with Crippen molar-refractivity contribution in [2.75, 3.05) is 19.6 Å². The van der Waals surface area contributed by atoms with Gasteiger partial charge in [0.2, 0.25) is 70.9 Å². The molecule has 1 aliphatic rings. The second-order valence-corrected chi connectivity index (χ2v) is 26.1. The number of aliphatic carboxylic acids is 8. The number of carboxylic acids is 8. The van der Waals surface area contributed by atoms with Crippen molar-refractivity contribution >= 4 is 119 Å². The van der Waals surface area contributed by atoms with E-state index in [1.165, 1.54) is 31.2 Å². The Balaban J connectivity index is 2.56. The Bertz CT molecular complexity index is 3490. The van der Waals surface area contributed by atoms with Gasteiger partial charge in [-0.25, -0.2) is 4.79 Å². The van der Waals surface area contributed by atoms with Crippen LogP contribution in [0, 0.1) is 5.92 Å². The smallest absolute Gasteiger partial charge is 0.326 e. The number of hydrogen-bond acceptors (Lipinski definition) is 25. The van der Waals surface area contributed by atoms with Gasteiger partial charge in [0, 0.05) is 19.4 Å². The molecule has 45 nitrogen and oxygen atoms in total. The van der Waals surface area contributed by atoms with E-state index in [0.29, 0.717) is 0 Å². The zero-order valence-electron chi connectivity index (χ0n) is 60.1. The van der Waals surface area contributed by atoms with Crippen LogP contribution in [0.3, 0.4) is 0 Å². The van der Waals surface area contributed by atoms with Crippen LogP contribution in [0.1, 0.15) is 135 Å². The summed E-state index contributed by atoms with van der Waals surface area (Å²) in [5.41, 5.74) is 17.3. The number of unbranched alkanes of at least 4 members (excludes halogenated alkanes) is 2. The lowest BCUT2D eigenvalue weighted by molar-refractivity contribution is -0.145. The molecule has 612 valence electrons. The first kappa shape index (κ1) is 94.3. The molecule has 0 aromatic heterocycles. The van der Waals surface area contributed by atoms with Crippen LogP contribution < -0.4 is 75.7 Å². The highest BCUT2D eigenvalue weighted by Gasteiger charge is 2.42. The Morgan fingerprint density at radius 3 is 1.02 bits per heavy atom. The van der Waals surface area contributed by atoms with Gasteiger partial charge < -0.3 is 132 Å². The summed E-state index contributed by atoms with van der Waals surface area (Å²) in [5, 5.41) is 121. The molecule has 27 N–H and O–H groups in total. The van der Waals surface area contributed by atoms with Crippen LogP contribution in [0.15, 0.2) is 24.3 Å². The van der Waals surface area contributed by atoms with Crippen molar-refractivity contribution < 1.29 is 147 Å². The molecule has 1 fully saturated rings. The fourth-order valence-electron chi connectivity index (χ4n) is 10.8. The van der Waals surface area contributed by atoms with Crippen LogP contribution in [0.4, 0.5) is 0 Å². The number of hydrogen-bond donors (Lipinski definition) is 24. The fraction of sp³-hybridized carbons (Fsp3) is 0.600. The number of aliphatic hydroxyl groups excluding tert-OH is 1. The Kier molecular flexibility index (Phi) is 40.4. The number of aromatic hydroxyl groups is 1. The number of nitrogens with zero attached hydrogens (tertiary/aromatic N) is 1. The van der Waals surface area contributed by atoms with Crippen LogP contribution in [0.5, 0.6) is 5.75 Å². The first-order chi connectivity index (χ1) is 51.5. The van der Waals surface area contributed by atoms with Gasteiger partial charge in [-0.1, -0.05) is 26.0 Å². The topological polar surface area (TPSA) is 757 Å². The molecule has 110 heavy (non-hydrogen) atoms. The van der Waals surface area contributed by atoms with Crippen LogP contribution in [-0.4, -0.2) is 279 Å². The third-order valence-electron chi connectivity index (χ3n) is 16.5. The molecule has 1 saturated heterocycles. The van der Waals surface area contributed by atoms with Crippen molar-refractivity contribution in [3.05, 3.63) is 29.8 Å².